The summed E-state index contributed by atoms with van der Waals surface area (Å²) in [5, 5.41) is 4.21. The Kier molecular flexibility index (Phi) is 2.83. The van der Waals surface area contributed by atoms with Crippen LogP contribution in [0.1, 0.15) is 12.7 Å². The van der Waals surface area contributed by atoms with Crippen LogP contribution in [0.15, 0.2) is 6.33 Å². The van der Waals surface area contributed by atoms with Gasteiger partial charge in [-0.1, -0.05) is 6.92 Å². The van der Waals surface area contributed by atoms with Crippen LogP contribution in [0, 0.1) is 0 Å². The minimum atomic E-state index is 0.635. The zero-order chi connectivity index (χ0) is 12.5. The van der Waals surface area contributed by atoms with Gasteiger partial charge in [-0.3, -0.25) is 0 Å². The number of fused-ring (bicyclic) bond motifs is 1. The number of anilines is 1. The average Bonchev–Trinajstić information content (AvgIpc) is 2.86. The molecular weight excluding hydrogens is 230 g/mol. The van der Waals surface area contributed by atoms with E-state index in [1.807, 2.05) is 0 Å². The van der Waals surface area contributed by atoms with Crippen molar-refractivity contribution in [1.29, 1.82) is 0 Å². The van der Waals surface area contributed by atoms with Gasteiger partial charge in [0, 0.05) is 32.6 Å². The Morgan fingerprint density at radius 2 is 1.94 bits per heavy atom. The fraction of sp³-hybridized carbons (Fsp3) is 0.636. The first kappa shape index (κ1) is 11.3. The van der Waals surface area contributed by atoms with Crippen molar-refractivity contribution in [2.45, 2.75) is 13.3 Å². The molecular formula is C11H17N7. The maximum absolute atomic E-state index is 4.60. The summed E-state index contributed by atoms with van der Waals surface area (Å²) in [6, 6.07) is 0. The molecule has 1 saturated heterocycles. The third kappa shape index (κ3) is 1.90. The summed E-state index contributed by atoms with van der Waals surface area (Å²) in [5.74, 6) is 2.32. The molecule has 0 aliphatic carbocycles. The Morgan fingerprint density at radius 1 is 1.17 bits per heavy atom. The van der Waals surface area contributed by atoms with Gasteiger partial charge >= 0.3 is 0 Å². The molecule has 2 aromatic rings. The van der Waals surface area contributed by atoms with Gasteiger partial charge in [0.1, 0.15) is 12.2 Å². The first-order valence-electron chi connectivity index (χ1n) is 6.28. The second kappa shape index (κ2) is 4.49. The van der Waals surface area contributed by atoms with E-state index in [2.05, 4.69) is 43.8 Å². The zero-order valence-electron chi connectivity index (χ0n) is 10.7. The van der Waals surface area contributed by atoms with Crippen molar-refractivity contribution in [3.63, 3.8) is 0 Å². The second-order valence-electron chi connectivity index (χ2n) is 4.56. The number of aromatic nitrogens is 5. The lowest BCUT2D eigenvalue weighted by Gasteiger charge is -2.32. The molecule has 0 radical (unpaired) electrons. The third-order valence-electron chi connectivity index (χ3n) is 3.28. The summed E-state index contributed by atoms with van der Waals surface area (Å²) in [5.41, 5.74) is 0. The summed E-state index contributed by atoms with van der Waals surface area (Å²) in [6.45, 7) is 6.07. The molecule has 0 N–H and O–H groups in total. The van der Waals surface area contributed by atoms with E-state index in [4.69, 9.17) is 0 Å². The monoisotopic (exact) mass is 247 g/mol. The fourth-order valence-corrected chi connectivity index (χ4v) is 2.13. The summed E-state index contributed by atoms with van der Waals surface area (Å²) >= 11 is 0. The van der Waals surface area contributed by atoms with Gasteiger partial charge in [0.2, 0.25) is 5.95 Å². The van der Waals surface area contributed by atoms with E-state index in [0.29, 0.717) is 5.78 Å². The molecule has 1 fully saturated rings. The number of likely N-dealkylation sites (N-methyl/N-ethyl adjacent to an activating group) is 1. The van der Waals surface area contributed by atoms with Crippen molar-refractivity contribution in [1.82, 2.24) is 29.5 Å². The Hall–Kier alpha value is -1.76. The molecule has 2 aromatic heterocycles. The summed E-state index contributed by atoms with van der Waals surface area (Å²) in [6.07, 6.45) is 2.34. The van der Waals surface area contributed by atoms with Crippen molar-refractivity contribution >= 4 is 11.7 Å². The molecule has 96 valence electrons. The Bertz CT molecular complexity index is 541. The SMILES string of the molecule is CCc1nc(N2CCN(C)CC2)n2ncnc2n1. The van der Waals surface area contributed by atoms with Gasteiger partial charge in [0.25, 0.3) is 5.78 Å². The Labute approximate surface area is 105 Å². The van der Waals surface area contributed by atoms with E-state index in [9.17, 15) is 0 Å². The molecule has 0 unspecified atom stereocenters. The predicted octanol–water partition coefficient (Wildman–Crippen LogP) is -0.166. The number of piperazine rings is 1. The number of hydrogen-bond donors (Lipinski definition) is 0. The molecule has 0 saturated carbocycles. The number of hydrogen-bond acceptors (Lipinski definition) is 6. The van der Waals surface area contributed by atoms with Gasteiger partial charge in [0.15, 0.2) is 0 Å². The smallest absolute Gasteiger partial charge is 0.257 e. The summed E-state index contributed by atoms with van der Waals surface area (Å²) < 4.78 is 1.73. The lowest BCUT2D eigenvalue weighted by Crippen LogP contribution is -2.45. The van der Waals surface area contributed by atoms with Crippen molar-refractivity contribution < 1.29 is 0 Å². The van der Waals surface area contributed by atoms with Crippen LogP contribution in [0.3, 0.4) is 0 Å². The van der Waals surface area contributed by atoms with Gasteiger partial charge in [-0.2, -0.15) is 24.6 Å². The number of rotatable bonds is 2. The van der Waals surface area contributed by atoms with Crippen LogP contribution in [0.2, 0.25) is 0 Å². The molecule has 0 atom stereocenters. The van der Waals surface area contributed by atoms with Crippen molar-refractivity contribution in [2.24, 2.45) is 0 Å². The normalized spacial score (nSPS) is 17.6. The molecule has 1 aliphatic heterocycles. The largest absolute Gasteiger partial charge is 0.338 e. The molecule has 3 heterocycles. The van der Waals surface area contributed by atoms with E-state index >= 15 is 0 Å². The van der Waals surface area contributed by atoms with E-state index in [0.717, 1.165) is 44.4 Å². The lowest BCUT2D eigenvalue weighted by atomic mass is 10.3. The van der Waals surface area contributed by atoms with Crippen molar-refractivity contribution in [2.75, 3.05) is 38.1 Å². The van der Waals surface area contributed by atoms with E-state index < -0.39 is 0 Å². The quantitative estimate of drug-likeness (QED) is 0.734. The highest BCUT2D eigenvalue weighted by Crippen LogP contribution is 2.14. The van der Waals surface area contributed by atoms with Crippen LogP contribution < -0.4 is 4.90 Å². The number of aryl methyl sites for hydroxylation is 1. The van der Waals surface area contributed by atoms with Crippen LogP contribution >= 0.6 is 0 Å². The topological polar surface area (TPSA) is 62.5 Å². The highest BCUT2D eigenvalue weighted by atomic mass is 15.4. The van der Waals surface area contributed by atoms with E-state index in [-0.39, 0.29) is 0 Å². The number of nitrogens with zero attached hydrogens (tertiary/aromatic N) is 7. The minimum absolute atomic E-state index is 0.635. The van der Waals surface area contributed by atoms with Crippen molar-refractivity contribution in [3.8, 4) is 0 Å². The highest BCUT2D eigenvalue weighted by Gasteiger charge is 2.19. The van der Waals surface area contributed by atoms with Gasteiger partial charge < -0.3 is 9.80 Å². The molecule has 0 bridgehead atoms. The minimum Gasteiger partial charge on any atom is -0.338 e. The van der Waals surface area contributed by atoms with E-state index in [1.54, 1.807) is 4.52 Å². The van der Waals surface area contributed by atoms with Crippen LogP contribution in [-0.4, -0.2) is 62.7 Å². The zero-order valence-corrected chi connectivity index (χ0v) is 10.7. The van der Waals surface area contributed by atoms with Gasteiger partial charge in [-0.15, -0.1) is 0 Å². The first-order chi connectivity index (χ1) is 8.78. The van der Waals surface area contributed by atoms with Crippen LogP contribution in [0.5, 0.6) is 0 Å². The molecule has 1 aliphatic rings. The second-order valence-corrected chi connectivity index (χ2v) is 4.56. The average molecular weight is 247 g/mol. The maximum atomic E-state index is 4.60. The summed E-state index contributed by atoms with van der Waals surface area (Å²) in [4.78, 5) is 17.7. The molecule has 18 heavy (non-hydrogen) atoms. The van der Waals surface area contributed by atoms with Gasteiger partial charge in [0.05, 0.1) is 0 Å². The lowest BCUT2D eigenvalue weighted by molar-refractivity contribution is 0.310. The maximum Gasteiger partial charge on any atom is 0.257 e. The molecule has 3 rings (SSSR count). The summed E-state index contributed by atoms with van der Waals surface area (Å²) in [7, 11) is 2.14. The molecule has 0 amide bonds. The van der Waals surface area contributed by atoms with Crippen LogP contribution in [-0.2, 0) is 6.42 Å². The molecule has 0 aromatic carbocycles. The Balaban J connectivity index is 2.01. The third-order valence-corrected chi connectivity index (χ3v) is 3.28. The first-order valence-corrected chi connectivity index (χ1v) is 6.28. The van der Waals surface area contributed by atoms with Crippen LogP contribution in [0.25, 0.3) is 5.78 Å². The highest BCUT2D eigenvalue weighted by molar-refractivity contribution is 5.40. The van der Waals surface area contributed by atoms with Crippen molar-refractivity contribution in [3.05, 3.63) is 12.2 Å². The molecule has 7 nitrogen and oxygen atoms in total. The Morgan fingerprint density at radius 3 is 2.67 bits per heavy atom. The fourth-order valence-electron chi connectivity index (χ4n) is 2.13. The van der Waals surface area contributed by atoms with E-state index in [1.165, 1.54) is 6.33 Å². The molecule has 0 spiro atoms. The standard InChI is InChI=1S/C11H17N7/c1-3-9-14-10-12-8-13-18(10)11(15-9)17-6-4-16(2)5-7-17/h8H,3-7H2,1-2H3. The predicted molar refractivity (Wildman–Crippen MR) is 67.7 cm³/mol. The molecule has 7 heteroatoms. The van der Waals surface area contributed by atoms with Gasteiger partial charge in [-0.25, -0.2) is 0 Å². The van der Waals surface area contributed by atoms with Crippen LogP contribution in [0.4, 0.5) is 5.95 Å². The van der Waals surface area contributed by atoms with Gasteiger partial charge in [-0.05, 0) is 7.05 Å².